The van der Waals surface area contributed by atoms with Crippen LogP contribution >= 0.6 is 0 Å². The molecule has 2 aromatic rings. The van der Waals surface area contributed by atoms with Gasteiger partial charge in [-0.1, -0.05) is 0 Å². The lowest BCUT2D eigenvalue weighted by molar-refractivity contribution is -0.0511. The van der Waals surface area contributed by atoms with Gasteiger partial charge in [0.2, 0.25) is 0 Å². The van der Waals surface area contributed by atoms with E-state index in [1.807, 2.05) is 0 Å². The average Bonchev–Trinajstić information content (AvgIpc) is 2.95. The number of imidazole rings is 1. The fraction of sp³-hybridized carbons (Fsp3) is 0.706. The molecule has 9 atom stereocenters. The molecule has 2 saturated heterocycles. The van der Waals surface area contributed by atoms with Crippen molar-refractivity contribution in [3.05, 3.63) is 12.7 Å². The van der Waals surface area contributed by atoms with Crippen LogP contribution in [-0.2, 0) is 9.47 Å². The first-order valence-electron chi connectivity index (χ1n) is 9.37. The number of anilines is 1. The quantitative estimate of drug-likeness (QED) is 0.497. The first kappa shape index (κ1) is 16.1. The van der Waals surface area contributed by atoms with Gasteiger partial charge in [0.25, 0.3) is 0 Å². The van der Waals surface area contributed by atoms with E-state index >= 15 is 0 Å². The normalized spacial score (nSPS) is 44.8. The minimum Gasteiger partial charge on any atom is -0.394 e. The van der Waals surface area contributed by atoms with Crippen molar-refractivity contribution < 1.29 is 24.8 Å². The lowest BCUT2D eigenvalue weighted by atomic mass is 9.95. The molecular formula is C17H21N5O5. The van der Waals surface area contributed by atoms with Crippen LogP contribution in [0.4, 0.5) is 5.82 Å². The van der Waals surface area contributed by atoms with Crippen LogP contribution in [0.1, 0.15) is 19.1 Å². The number of hydrogen-bond acceptors (Lipinski definition) is 9. The maximum atomic E-state index is 10.3. The highest BCUT2D eigenvalue weighted by Gasteiger charge is 2.63. The molecule has 4 aliphatic rings. The third kappa shape index (κ3) is 2.21. The maximum absolute atomic E-state index is 10.3. The van der Waals surface area contributed by atoms with E-state index in [0.717, 1.165) is 6.42 Å². The summed E-state index contributed by atoms with van der Waals surface area (Å²) in [6.07, 6.45) is 2.07. The Morgan fingerprint density at radius 2 is 2.00 bits per heavy atom. The van der Waals surface area contributed by atoms with E-state index < -0.39 is 24.5 Å². The molecule has 2 unspecified atom stereocenters. The van der Waals surface area contributed by atoms with Crippen LogP contribution in [0.15, 0.2) is 12.7 Å². The number of ether oxygens (including phenoxy) is 2. The Hall–Kier alpha value is -1.85. The monoisotopic (exact) mass is 375 g/mol. The van der Waals surface area contributed by atoms with Crippen LogP contribution in [0.2, 0.25) is 0 Å². The van der Waals surface area contributed by atoms with Gasteiger partial charge in [-0.2, -0.15) is 0 Å². The summed E-state index contributed by atoms with van der Waals surface area (Å²) in [5.74, 6) is 1.82. The zero-order chi connectivity index (χ0) is 18.3. The van der Waals surface area contributed by atoms with Gasteiger partial charge in [-0.15, -0.1) is 0 Å². The second-order valence-electron chi connectivity index (χ2n) is 7.99. The Balaban J connectivity index is 1.30. The third-order valence-electron chi connectivity index (χ3n) is 6.57. The smallest absolute Gasteiger partial charge is 0.167 e. The van der Waals surface area contributed by atoms with E-state index in [0.29, 0.717) is 47.1 Å². The van der Waals surface area contributed by atoms with Crippen molar-refractivity contribution in [1.82, 2.24) is 19.5 Å². The van der Waals surface area contributed by atoms with E-state index in [4.69, 9.17) is 9.47 Å². The molecule has 144 valence electrons. The van der Waals surface area contributed by atoms with Gasteiger partial charge in [0.15, 0.2) is 23.2 Å². The molecule has 2 aliphatic carbocycles. The van der Waals surface area contributed by atoms with Crippen LogP contribution in [0, 0.1) is 11.8 Å². The molecule has 2 bridgehead atoms. The number of epoxide rings is 1. The van der Waals surface area contributed by atoms with Crippen molar-refractivity contribution in [3.63, 3.8) is 0 Å². The number of aliphatic hydroxyl groups excluding tert-OH is 3. The molecule has 0 radical (unpaired) electrons. The van der Waals surface area contributed by atoms with Gasteiger partial charge in [0.05, 0.1) is 25.1 Å². The molecule has 10 nitrogen and oxygen atoms in total. The lowest BCUT2D eigenvalue weighted by Gasteiger charge is -2.21. The van der Waals surface area contributed by atoms with Crippen LogP contribution in [0.5, 0.6) is 0 Å². The number of nitrogens with one attached hydrogen (secondary N) is 1. The Kier molecular flexibility index (Phi) is 3.34. The van der Waals surface area contributed by atoms with Crippen molar-refractivity contribution in [2.24, 2.45) is 11.8 Å². The first-order chi connectivity index (χ1) is 13.2. The van der Waals surface area contributed by atoms with Crippen molar-refractivity contribution in [1.29, 1.82) is 0 Å². The summed E-state index contributed by atoms with van der Waals surface area (Å²) >= 11 is 0. The number of aromatic nitrogens is 4. The third-order valence-corrected chi connectivity index (χ3v) is 6.57. The molecule has 27 heavy (non-hydrogen) atoms. The Labute approximate surface area is 154 Å². The molecule has 2 saturated carbocycles. The van der Waals surface area contributed by atoms with Crippen LogP contribution < -0.4 is 5.32 Å². The van der Waals surface area contributed by atoms with E-state index in [9.17, 15) is 15.3 Å². The number of fused-ring (bicyclic) bond motifs is 6. The van der Waals surface area contributed by atoms with Crippen LogP contribution in [-0.4, -0.2) is 78.0 Å². The lowest BCUT2D eigenvalue weighted by Crippen LogP contribution is -2.33. The van der Waals surface area contributed by atoms with Gasteiger partial charge < -0.3 is 30.1 Å². The van der Waals surface area contributed by atoms with Crippen molar-refractivity contribution in [3.8, 4) is 0 Å². The summed E-state index contributed by atoms with van der Waals surface area (Å²) in [6, 6.07) is 0.316. The first-order valence-corrected chi connectivity index (χ1v) is 9.37. The predicted molar refractivity (Wildman–Crippen MR) is 90.6 cm³/mol. The minimum atomic E-state index is -1.18. The molecule has 6 rings (SSSR count). The molecule has 2 aliphatic heterocycles. The summed E-state index contributed by atoms with van der Waals surface area (Å²) in [5.41, 5.74) is 1.09. The summed E-state index contributed by atoms with van der Waals surface area (Å²) in [6.45, 7) is -0.377. The summed E-state index contributed by atoms with van der Waals surface area (Å²) in [4.78, 5) is 13.1. The topological polar surface area (TPSA) is 138 Å². The Morgan fingerprint density at radius 3 is 2.74 bits per heavy atom. The number of hydrogen-bond donors (Lipinski definition) is 4. The molecule has 0 amide bonds. The Bertz CT molecular complexity index is 892. The van der Waals surface area contributed by atoms with E-state index in [1.165, 1.54) is 19.1 Å². The number of rotatable bonds is 4. The van der Waals surface area contributed by atoms with Gasteiger partial charge >= 0.3 is 0 Å². The van der Waals surface area contributed by atoms with Gasteiger partial charge in [0, 0.05) is 12.0 Å². The van der Waals surface area contributed by atoms with E-state index in [2.05, 4.69) is 20.3 Å². The SMILES string of the molecule is OC[C@H]1O[C@@H](n2cnc3c(N[C@H]4CC5CC4[C@H]4O[C@@H]54)ncnc32)[C@@H](O)[C@H]1O. The largest absolute Gasteiger partial charge is 0.394 e. The molecule has 10 heteroatoms. The second kappa shape index (κ2) is 5.58. The van der Waals surface area contributed by atoms with Gasteiger partial charge in [0.1, 0.15) is 24.6 Å². The summed E-state index contributed by atoms with van der Waals surface area (Å²) in [7, 11) is 0. The maximum Gasteiger partial charge on any atom is 0.167 e. The predicted octanol–water partition coefficient (Wildman–Crippen LogP) is -0.974. The van der Waals surface area contributed by atoms with Crippen LogP contribution in [0.25, 0.3) is 11.2 Å². The molecule has 0 spiro atoms. The molecular weight excluding hydrogens is 354 g/mol. The summed E-state index contributed by atoms with van der Waals surface area (Å²) in [5, 5.41) is 33.1. The standard InChI is InChI=1S/C17H21N5O5/c23-3-9-11(24)12(25)17(26-9)22-5-20-10-15(18-4-19-16(10)22)21-8-2-6-1-7(8)14-13(6)27-14/h4-9,11-14,17,23-25H,1-3H2,(H,18,19,21)/t6?,7?,8-,9+,11-,12-,13-,14+,17+/m0/s1. The highest BCUT2D eigenvalue weighted by molar-refractivity contribution is 5.83. The minimum absolute atomic E-state index is 0.316. The highest BCUT2D eigenvalue weighted by atomic mass is 16.6. The number of nitrogens with zero attached hydrogens (tertiary/aromatic N) is 4. The van der Waals surface area contributed by atoms with E-state index in [1.54, 1.807) is 4.57 Å². The van der Waals surface area contributed by atoms with E-state index in [-0.39, 0.29) is 6.61 Å². The molecule has 4 fully saturated rings. The fourth-order valence-corrected chi connectivity index (χ4v) is 5.20. The van der Waals surface area contributed by atoms with Gasteiger partial charge in [-0.05, 0) is 18.8 Å². The fourth-order valence-electron chi connectivity index (χ4n) is 5.20. The van der Waals surface area contributed by atoms with Gasteiger partial charge in [-0.25, -0.2) is 15.0 Å². The van der Waals surface area contributed by atoms with Crippen molar-refractivity contribution >= 4 is 17.0 Å². The number of aliphatic hydroxyl groups is 3. The molecule has 4 N–H and O–H groups in total. The molecule has 0 aromatic carbocycles. The van der Waals surface area contributed by atoms with Crippen molar-refractivity contribution in [2.75, 3.05) is 11.9 Å². The summed E-state index contributed by atoms with van der Waals surface area (Å²) < 4.78 is 12.9. The van der Waals surface area contributed by atoms with Gasteiger partial charge in [-0.3, -0.25) is 4.57 Å². The van der Waals surface area contributed by atoms with Crippen LogP contribution in [0.3, 0.4) is 0 Å². The Morgan fingerprint density at radius 1 is 1.11 bits per heavy atom. The average molecular weight is 375 g/mol. The molecule has 2 aromatic heterocycles. The highest BCUT2D eigenvalue weighted by Crippen LogP contribution is 2.56. The second-order valence-corrected chi connectivity index (χ2v) is 7.99. The van der Waals surface area contributed by atoms with Crippen molar-refractivity contribution in [2.45, 2.75) is 55.6 Å². The zero-order valence-corrected chi connectivity index (χ0v) is 14.4. The molecule has 4 heterocycles. The zero-order valence-electron chi connectivity index (χ0n) is 14.4.